The van der Waals surface area contributed by atoms with Crippen molar-refractivity contribution >= 4 is 19.9 Å². The highest BCUT2D eigenvalue weighted by molar-refractivity contribution is 7.92. The van der Waals surface area contributed by atoms with Crippen LogP contribution in [0, 0.1) is 11.8 Å². The number of benzene rings is 1. The monoisotopic (exact) mass is 469 g/mol. The summed E-state index contributed by atoms with van der Waals surface area (Å²) in [5, 5.41) is -0.283. The van der Waals surface area contributed by atoms with Gasteiger partial charge >= 0.3 is 0 Å². The summed E-state index contributed by atoms with van der Waals surface area (Å²) in [5.74, 6) is 1.28. The minimum Gasteiger partial charge on any atom is -0.229 e. The van der Waals surface area contributed by atoms with Crippen LogP contribution in [0.5, 0.6) is 0 Å². The van der Waals surface area contributed by atoms with E-state index in [1.165, 1.54) is 12.0 Å². The normalized spacial score (nSPS) is 23.8. The van der Waals surface area contributed by atoms with Crippen LogP contribution in [-0.2, 0) is 26.3 Å². The zero-order valence-electron chi connectivity index (χ0n) is 19.1. The summed E-state index contributed by atoms with van der Waals surface area (Å²) in [5.41, 5.74) is 1.17. The second-order valence-electron chi connectivity index (χ2n) is 9.90. The quantitative estimate of drug-likeness (QED) is 0.560. The molecular formula is C24H39NO4S2. The van der Waals surface area contributed by atoms with Crippen LogP contribution in [0.4, 0.5) is 0 Å². The van der Waals surface area contributed by atoms with Gasteiger partial charge in [0.15, 0.2) is 9.84 Å². The van der Waals surface area contributed by atoms with Crippen molar-refractivity contribution in [3.05, 3.63) is 29.8 Å². The van der Waals surface area contributed by atoms with Crippen molar-refractivity contribution in [3.63, 3.8) is 0 Å². The molecule has 7 heteroatoms. The van der Waals surface area contributed by atoms with E-state index in [9.17, 15) is 16.8 Å². The number of aryl methyl sites for hydroxylation is 1. The maximum atomic E-state index is 12.6. The highest BCUT2D eigenvalue weighted by Crippen LogP contribution is 2.33. The molecule has 0 unspecified atom stereocenters. The summed E-state index contributed by atoms with van der Waals surface area (Å²) in [6, 6.07) is 7.42. The van der Waals surface area contributed by atoms with Crippen molar-refractivity contribution in [2.24, 2.45) is 11.8 Å². The van der Waals surface area contributed by atoms with Gasteiger partial charge in [0, 0.05) is 6.04 Å². The lowest BCUT2D eigenvalue weighted by molar-refractivity contribution is 0.278. The molecule has 3 rings (SSSR count). The topological polar surface area (TPSA) is 80.3 Å². The Hall–Kier alpha value is -0.920. The van der Waals surface area contributed by atoms with E-state index in [0.29, 0.717) is 22.5 Å². The Balaban J connectivity index is 1.44. The van der Waals surface area contributed by atoms with Crippen LogP contribution in [-0.4, -0.2) is 33.9 Å². The Morgan fingerprint density at radius 2 is 1.42 bits per heavy atom. The Kier molecular flexibility index (Phi) is 8.61. The first kappa shape index (κ1) is 24.7. The molecule has 0 aromatic heterocycles. The summed E-state index contributed by atoms with van der Waals surface area (Å²) >= 11 is 0. The Morgan fingerprint density at radius 1 is 0.839 bits per heavy atom. The van der Waals surface area contributed by atoms with Gasteiger partial charge in [0.2, 0.25) is 10.0 Å². The molecule has 0 heterocycles. The van der Waals surface area contributed by atoms with E-state index in [0.717, 1.165) is 64.2 Å². The third-order valence-corrected chi connectivity index (χ3v) is 11.1. The van der Waals surface area contributed by atoms with Gasteiger partial charge in [-0.2, -0.15) is 0 Å². The van der Waals surface area contributed by atoms with E-state index in [4.69, 9.17) is 0 Å². The largest absolute Gasteiger partial charge is 0.240 e. The molecule has 176 valence electrons. The van der Waals surface area contributed by atoms with Gasteiger partial charge < -0.3 is 0 Å². The first-order valence-corrected chi connectivity index (χ1v) is 15.2. The standard InChI is InChI=1S/C24H39NO4S2/c1-19(2)30(26,27)18-22-12-10-20(11-13-22)8-9-21-14-16-24(17-15-21)31(28,29)25-23-6-4-3-5-7-23/h14-17,19-20,22-23,25H,3-13,18H2,1-2H3. The fourth-order valence-corrected chi connectivity index (χ4v) is 7.60. The molecule has 0 saturated heterocycles. The van der Waals surface area contributed by atoms with Gasteiger partial charge in [0.25, 0.3) is 0 Å². The number of sulfone groups is 1. The van der Waals surface area contributed by atoms with Gasteiger partial charge in [-0.3, -0.25) is 0 Å². The van der Waals surface area contributed by atoms with Crippen molar-refractivity contribution in [1.29, 1.82) is 0 Å². The molecular weight excluding hydrogens is 430 g/mol. The summed E-state index contributed by atoms with van der Waals surface area (Å²) < 4.78 is 52.4. The molecule has 5 nitrogen and oxygen atoms in total. The van der Waals surface area contributed by atoms with Crippen molar-refractivity contribution in [2.45, 2.75) is 101 Å². The van der Waals surface area contributed by atoms with Crippen molar-refractivity contribution < 1.29 is 16.8 Å². The highest BCUT2D eigenvalue weighted by atomic mass is 32.2. The number of rotatable bonds is 9. The molecule has 2 aliphatic rings. The van der Waals surface area contributed by atoms with Crippen LogP contribution in [0.15, 0.2) is 29.2 Å². The van der Waals surface area contributed by atoms with Gasteiger partial charge in [0.1, 0.15) is 0 Å². The molecule has 0 atom stereocenters. The molecule has 2 aliphatic carbocycles. The maximum absolute atomic E-state index is 12.6. The maximum Gasteiger partial charge on any atom is 0.240 e. The Labute approximate surface area is 189 Å². The first-order valence-electron chi connectivity index (χ1n) is 12.0. The van der Waals surface area contributed by atoms with Crippen molar-refractivity contribution in [1.82, 2.24) is 4.72 Å². The van der Waals surface area contributed by atoms with Gasteiger partial charge in [-0.25, -0.2) is 21.6 Å². The van der Waals surface area contributed by atoms with Gasteiger partial charge in [0.05, 0.1) is 15.9 Å². The molecule has 0 bridgehead atoms. The predicted molar refractivity (Wildman–Crippen MR) is 126 cm³/mol. The second kappa shape index (κ2) is 10.8. The molecule has 1 aromatic carbocycles. The first-order chi connectivity index (χ1) is 14.7. The molecule has 0 radical (unpaired) electrons. The number of sulfonamides is 1. The van der Waals surface area contributed by atoms with Crippen LogP contribution in [0.1, 0.15) is 83.6 Å². The van der Waals surface area contributed by atoms with Crippen LogP contribution in [0.25, 0.3) is 0 Å². The second-order valence-corrected chi connectivity index (χ2v) is 14.2. The zero-order valence-corrected chi connectivity index (χ0v) is 20.7. The predicted octanol–water partition coefficient (Wildman–Crippen LogP) is 4.86. The molecule has 1 N–H and O–H groups in total. The minimum absolute atomic E-state index is 0.0732. The Morgan fingerprint density at radius 3 is 2.00 bits per heavy atom. The van der Waals surface area contributed by atoms with Crippen molar-refractivity contribution in [2.75, 3.05) is 5.75 Å². The average Bonchev–Trinajstić information content (AvgIpc) is 2.73. The van der Waals surface area contributed by atoms with E-state index >= 15 is 0 Å². The fourth-order valence-electron chi connectivity index (χ4n) is 4.92. The Bertz CT molecular complexity index is 893. The number of hydrogen-bond acceptors (Lipinski definition) is 4. The number of nitrogens with one attached hydrogen (secondary N) is 1. The minimum atomic E-state index is -3.44. The van der Waals surface area contributed by atoms with Crippen molar-refractivity contribution in [3.8, 4) is 0 Å². The van der Waals surface area contributed by atoms with E-state index in [1.807, 2.05) is 12.1 Å². The number of hydrogen-bond donors (Lipinski definition) is 1. The highest BCUT2D eigenvalue weighted by Gasteiger charge is 2.27. The van der Waals surface area contributed by atoms with Gasteiger partial charge in [-0.05, 0) is 81.9 Å². The third kappa shape index (κ3) is 7.29. The van der Waals surface area contributed by atoms with E-state index in [2.05, 4.69) is 4.72 Å². The average molecular weight is 470 g/mol. The fraction of sp³-hybridized carbons (Fsp3) is 0.750. The zero-order chi connectivity index (χ0) is 22.5. The van der Waals surface area contributed by atoms with E-state index in [-0.39, 0.29) is 11.3 Å². The summed E-state index contributed by atoms with van der Waals surface area (Å²) in [6.45, 7) is 3.53. The molecule has 31 heavy (non-hydrogen) atoms. The van der Waals surface area contributed by atoms with Crippen LogP contribution >= 0.6 is 0 Å². The molecule has 0 aliphatic heterocycles. The smallest absolute Gasteiger partial charge is 0.229 e. The molecule has 1 aromatic rings. The SMILES string of the molecule is CC(C)S(=O)(=O)CC1CCC(CCc2ccc(S(=O)(=O)NC3CCCCC3)cc2)CC1. The molecule has 0 amide bonds. The van der Waals surface area contributed by atoms with Gasteiger partial charge in [-0.1, -0.05) is 44.2 Å². The molecule has 0 spiro atoms. The summed E-state index contributed by atoms with van der Waals surface area (Å²) in [6.07, 6.45) is 11.5. The van der Waals surface area contributed by atoms with Crippen LogP contribution < -0.4 is 4.72 Å². The van der Waals surface area contributed by atoms with Crippen LogP contribution in [0.3, 0.4) is 0 Å². The van der Waals surface area contributed by atoms with E-state index in [1.54, 1.807) is 26.0 Å². The summed E-state index contributed by atoms with van der Waals surface area (Å²) in [7, 11) is -6.39. The lowest BCUT2D eigenvalue weighted by atomic mass is 9.80. The van der Waals surface area contributed by atoms with E-state index < -0.39 is 19.9 Å². The molecule has 2 saturated carbocycles. The lowest BCUT2D eigenvalue weighted by Crippen LogP contribution is -2.36. The van der Waals surface area contributed by atoms with Crippen LogP contribution in [0.2, 0.25) is 0 Å². The summed E-state index contributed by atoms with van der Waals surface area (Å²) in [4.78, 5) is 0.355. The molecule has 2 fully saturated rings. The lowest BCUT2D eigenvalue weighted by Gasteiger charge is -2.28. The third-order valence-electron chi connectivity index (χ3n) is 7.15. The van der Waals surface area contributed by atoms with Gasteiger partial charge in [-0.15, -0.1) is 0 Å².